The highest BCUT2D eigenvalue weighted by Crippen LogP contribution is 2.26. The number of esters is 1. The van der Waals surface area contributed by atoms with E-state index in [1.165, 1.54) is 0 Å². The molecule has 4 heteroatoms. The summed E-state index contributed by atoms with van der Waals surface area (Å²) in [6.07, 6.45) is 2.24. The number of rotatable bonds is 4. The van der Waals surface area contributed by atoms with Gasteiger partial charge in [0.1, 0.15) is 5.54 Å². The normalized spacial score (nSPS) is 25.8. The quantitative estimate of drug-likeness (QED) is 0.389. The second-order valence-electron chi connectivity index (χ2n) is 3.02. The maximum absolute atomic E-state index is 11.4. The topological polar surface area (TPSA) is 55.4 Å². The maximum Gasteiger partial charge on any atom is 0.332 e. The van der Waals surface area contributed by atoms with E-state index in [0.29, 0.717) is 13.0 Å². The summed E-state index contributed by atoms with van der Waals surface area (Å²) in [7, 11) is 0. The monoisotopic (exact) mass is 183 g/mol. The molecule has 0 aromatic heterocycles. The number of hydrogen-bond acceptors (Lipinski definition) is 3. The van der Waals surface area contributed by atoms with Gasteiger partial charge in [0.2, 0.25) is 5.91 Å². The molecule has 0 unspecified atom stereocenters. The molecule has 1 heterocycles. The molecule has 1 atom stereocenters. The molecule has 0 radical (unpaired) electrons. The van der Waals surface area contributed by atoms with Crippen molar-refractivity contribution in [1.82, 2.24) is 5.32 Å². The minimum absolute atomic E-state index is 0.116. The second-order valence-corrected chi connectivity index (χ2v) is 3.02. The Morgan fingerprint density at radius 1 is 1.85 bits per heavy atom. The Bertz CT molecular complexity index is 234. The average Bonchev–Trinajstić information content (AvgIpc) is 2.02. The molecule has 13 heavy (non-hydrogen) atoms. The molecule has 0 saturated carbocycles. The summed E-state index contributed by atoms with van der Waals surface area (Å²) < 4.78 is 4.85. The van der Waals surface area contributed by atoms with Crippen molar-refractivity contribution in [3.05, 3.63) is 12.7 Å². The average molecular weight is 183 g/mol. The van der Waals surface area contributed by atoms with Crippen molar-refractivity contribution in [3.63, 3.8) is 0 Å². The van der Waals surface area contributed by atoms with E-state index in [1.807, 2.05) is 0 Å². The van der Waals surface area contributed by atoms with Crippen LogP contribution in [0.5, 0.6) is 0 Å². The van der Waals surface area contributed by atoms with E-state index in [2.05, 4.69) is 11.9 Å². The lowest BCUT2D eigenvalue weighted by molar-refractivity contribution is -0.160. The zero-order chi connectivity index (χ0) is 9.90. The SMILES string of the molecule is C=CC[C@@]1(C(=O)OCC)CC(=O)N1. The van der Waals surface area contributed by atoms with E-state index >= 15 is 0 Å². The first-order valence-electron chi connectivity index (χ1n) is 4.24. The fourth-order valence-corrected chi connectivity index (χ4v) is 1.37. The standard InChI is InChI=1S/C9H13NO3/c1-3-5-9(6-7(11)10-9)8(12)13-4-2/h3H,1,4-6H2,2H3,(H,10,11)/t9-/m0/s1. The Morgan fingerprint density at radius 2 is 2.46 bits per heavy atom. The molecule has 1 N–H and O–H groups in total. The fourth-order valence-electron chi connectivity index (χ4n) is 1.37. The lowest BCUT2D eigenvalue weighted by atomic mass is 9.84. The van der Waals surface area contributed by atoms with Gasteiger partial charge in [-0.25, -0.2) is 4.79 Å². The highest BCUT2D eigenvalue weighted by atomic mass is 16.5. The summed E-state index contributed by atoms with van der Waals surface area (Å²) in [6, 6.07) is 0. The van der Waals surface area contributed by atoms with Crippen molar-refractivity contribution in [2.24, 2.45) is 0 Å². The molecule has 0 aliphatic carbocycles. The van der Waals surface area contributed by atoms with Gasteiger partial charge in [-0.2, -0.15) is 0 Å². The third kappa shape index (κ3) is 1.71. The van der Waals surface area contributed by atoms with Gasteiger partial charge < -0.3 is 10.1 Å². The maximum atomic E-state index is 11.4. The molecular weight excluding hydrogens is 170 g/mol. The minimum atomic E-state index is -0.825. The Morgan fingerprint density at radius 3 is 2.85 bits per heavy atom. The molecular formula is C9H13NO3. The molecule has 72 valence electrons. The smallest absolute Gasteiger partial charge is 0.332 e. The molecule has 0 spiro atoms. The van der Waals surface area contributed by atoms with Gasteiger partial charge in [0.25, 0.3) is 0 Å². The minimum Gasteiger partial charge on any atom is -0.464 e. The van der Waals surface area contributed by atoms with E-state index in [0.717, 1.165) is 0 Å². The molecule has 1 aliphatic heterocycles. The van der Waals surface area contributed by atoms with Gasteiger partial charge in [-0.3, -0.25) is 4.79 Å². The fraction of sp³-hybridized carbons (Fsp3) is 0.556. The van der Waals surface area contributed by atoms with E-state index < -0.39 is 5.54 Å². The first kappa shape index (κ1) is 9.77. The molecule has 1 amide bonds. The zero-order valence-electron chi connectivity index (χ0n) is 7.63. The summed E-state index contributed by atoms with van der Waals surface area (Å²) in [5.74, 6) is -0.482. The van der Waals surface area contributed by atoms with Crippen LogP contribution in [0, 0.1) is 0 Å². The highest BCUT2D eigenvalue weighted by molar-refractivity contribution is 5.99. The van der Waals surface area contributed by atoms with Crippen molar-refractivity contribution in [1.29, 1.82) is 0 Å². The van der Waals surface area contributed by atoms with Crippen molar-refractivity contribution in [2.75, 3.05) is 6.61 Å². The first-order valence-corrected chi connectivity index (χ1v) is 4.24. The van der Waals surface area contributed by atoms with Crippen LogP contribution in [-0.2, 0) is 14.3 Å². The van der Waals surface area contributed by atoms with E-state index in [4.69, 9.17) is 4.74 Å². The van der Waals surface area contributed by atoms with Gasteiger partial charge in [-0.1, -0.05) is 6.08 Å². The number of carbonyl (C=O) groups is 2. The van der Waals surface area contributed by atoms with Crippen LogP contribution in [0.1, 0.15) is 19.8 Å². The molecule has 4 nitrogen and oxygen atoms in total. The van der Waals surface area contributed by atoms with Crippen LogP contribution < -0.4 is 5.32 Å². The Balaban J connectivity index is 2.63. The largest absolute Gasteiger partial charge is 0.464 e. The first-order chi connectivity index (χ1) is 6.14. The predicted molar refractivity (Wildman–Crippen MR) is 46.9 cm³/mol. The highest BCUT2D eigenvalue weighted by Gasteiger charge is 2.49. The number of nitrogens with one attached hydrogen (secondary N) is 1. The molecule has 1 rings (SSSR count). The van der Waals surface area contributed by atoms with E-state index in [9.17, 15) is 9.59 Å². The lowest BCUT2D eigenvalue weighted by Gasteiger charge is -2.38. The summed E-state index contributed by atoms with van der Waals surface area (Å²) in [5, 5.41) is 2.56. The molecule has 0 bridgehead atoms. The molecule has 1 saturated heterocycles. The van der Waals surface area contributed by atoms with Gasteiger partial charge in [0.05, 0.1) is 13.0 Å². The number of hydrogen-bond donors (Lipinski definition) is 1. The number of carbonyl (C=O) groups excluding carboxylic acids is 2. The van der Waals surface area contributed by atoms with Crippen LogP contribution >= 0.6 is 0 Å². The summed E-state index contributed by atoms with van der Waals surface area (Å²) in [6.45, 7) is 5.60. The van der Waals surface area contributed by atoms with E-state index in [-0.39, 0.29) is 18.3 Å². The third-order valence-electron chi connectivity index (χ3n) is 2.00. The number of β-lactam (4-membered cyclic amide) rings is 1. The van der Waals surface area contributed by atoms with Crippen molar-refractivity contribution in [3.8, 4) is 0 Å². The molecule has 1 aliphatic rings. The number of ether oxygens (including phenoxy) is 1. The van der Waals surface area contributed by atoms with Crippen LogP contribution in [0.3, 0.4) is 0 Å². The Labute approximate surface area is 76.9 Å². The van der Waals surface area contributed by atoms with Crippen molar-refractivity contribution >= 4 is 11.9 Å². The van der Waals surface area contributed by atoms with Crippen molar-refractivity contribution in [2.45, 2.75) is 25.3 Å². The van der Waals surface area contributed by atoms with Gasteiger partial charge in [-0.15, -0.1) is 6.58 Å². The van der Waals surface area contributed by atoms with Crippen LogP contribution in [0.15, 0.2) is 12.7 Å². The predicted octanol–water partition coefficient (Wildman–Crippen LogP) is 0.384. The molecule has 1 fully saturated rings. The van der Waals surface area contributed by atoms with Crippen LogP contribution in [0.4, 0.5) is 0 Å². The van der Waals surface area contributed by atoms with Gasteiger partial charge in [0.15, 0.2) is 0 Å². The second kappa shape index (κ2) is 3.60. The molecule has 0 aromatic rings. The summed E-state index contributed by atoms with van der Waals surface area (Å²) >= 11 is 0. The van der Waals surface area contributed by atoms with Crippen LogP contribution in [0.25, 0.3) is 0 Å². The number of amides is 1. The van der Waals surface area contributed by atoms with Crippen LogP contribution in [0.2, 0.25) is 0 Å². The van der Waals surface area contributed by atoms with Gasteiger partial charge in [-0.05, 0) is 13.3 Å². The van der Waals surface area contributed by atoms with Gasteiger partial charge in [0, 0.05) is 0 Å². The van der Waals surface area contributed by atoms with Crippen molar-refractivity contribution < 1.29 is 14.3 Å². The lowest BCUT2D eigenvalue weighted by Crippen LogP contribution is -2.65. The zero-order valence-corrected chi connectivity index (χ0v) is 7.63. The van der Waals surface area contributed by atoms with E-state index in [1.54, 1.807) is 13.0 Å². The summed E-state index contributed by atoms with van der Waals surface area (Å²) in [4.78, 5) is 22.1. The Hall–Kier alpha value is -1.32. The molecule has 0 aromatic carbocycles. The Kier molecular flexibility index (Phi) is 2.70. The summed E-state index contributed by atoms with van der Waals surface area (Å²) in [5.41, 5.74) is -0.825. The third-order valence-corrected chi connectivity index (χ3v) is 2.00. The van der Waals surface area contributed by atoms with Gasteiger partial charge >= 0.3 is 5.97 Å². The van der Waals surface area contributed by atoms with Crippen LogP contribution in [-0.4, -0.2) is 24.0 Å².